The van der Waals surface area contributed by atoms with Gasteiger partial charge in [-0.25, -0.2) is 0 Å². The average Bonchev–Trinajstić information content (AvgIpc) is 2.62. The lowest BCUT2D eigenvalue weighted by molar-refractivity contribution is 0.0259. The van der Waals surface area contributed by atoms with Gasteiger partial charge in [-0.15, -0.1) is 0 Å². The number of nitrogens with two attached hydrogens (primary N) is 1. The molecule has 0 radical (unpaired) electrons. The number of benzene rings is 1. The second kappa shape index (κ2) is 6.55. The molecule has 4 heterocycles. The van der Waals surface area contributed by atoms with Gasteiger partial charge in [-0.05, 0) is 62.0 Å². The predicted molar refractivity (Wildman–Crippen MR) is 99.6 cm³/mol. The van der Waals surface area contributed by atoms with Crippen molar-refractivity contribution in [1.82, 2.24) is 9.88 Å². The van der Waals surface area contributed by atoms with Gasteiger partial charge in [0.2, 0.25) is 0 Å². The fourth-order valence-electron chi connectivity index (χ4n) is 4.52. The first kappa shape index (κ1) is 16.2. The number of aromatic nitrogens is 1. The zero-order chi connectivity index (χ0) is 16.7. The number of hydrogen-bond acceptors (Lipinski definition) is 3. The highest BCUT2D eigenvalue weighted by molar-refractivity contribution is 6.42. The van der Waals surface area contributed by atoms with Crippen LogP contribution in [0.3, 0.4) is 0 Å². The quantitative estimate of drug-likeness (QED) is 0.824. The minimum atomic E-state index is 0.332. The van der Waals surface area contributed by atoms with Crippen LogP contribution in [-0.2, 0) is 6.42 Å². The molecule has 0 amide bonds. The molecule has 3 fully saturated rings. The number of fused-ring (bicyclic) bond motifs is 3. The van der Waals surface area contributed by atoms with Crippen LogP contribution < -0.4 is 5.73 Å². The van der Waals surface area contributed by atoms with E-state index < -0.39 is 0 Å². The van der Waals surface area contributed by atoms with Crippen molar-refractivity contribution in [3.63, 3.8) is 0 Å². The Morgan fingerprint density at radius 1 is 1.17 bits per heavy atom. The van der Waals surface area contributed by atoms with E-state index in [0.29, 0.717) is 27.9 Å². The van der Waals surface area contributed by atoms with Crippen molar-refractivity contribution in [3.05, 3.63) is 57.8 Å². The van der Waals surface area contributed by atoms with Crippen LogP contribution in [0.1, 0.15) is 29.9 Å². The van der Waals surface area contributed by atoms with Gasteiger partial charge < -0.3 is 5.73 Å². The molecule has 2 aromatic rings. The maximum Gasteiger partial charge on any atom is 0.0648 e. The van der Waals surface area contributed by atoms with Crippen LogP contribution in [0.2, 0.25) is 10.0 Å². The third kappa shape index (κ3) is 2.79. The molecule has 2 bridgehead atoms. The molecule has 126 valence electrons. The lowest BCUT2D eigenvalue weighted by Gasteiger charge is -2.52. The largest absolute Gasteiger partial charge is 0.398 e. The summed E-state index contributed by atoms with van der Waals surface area (Å²) in [7, 11) is 0. The lowest BCUT2D eigenvalue weighted by Crippen LogP contribution is -2.54. The van der Waals surface area contributed by atoms with Gasteiger partial charge in [0, 0.05) is 35.6 Å². The fraction of sp³-hybridized carbons (Fsp3) is 0.421. The summed E-state index contributed by atoms with van der Waals surface area (Å²) in [6.07, 6.45) is 7.16. The van der Waals surface area contributed by atoms with Crippen LogP contribution in [0.25, 0.3) is 0 Å². The van der Waals surface area contributed by atoms with E-state index in [4.69, 9.17) is 28.9 Å². The highest BCUT2D eigenvalue weighted by atomic mass is 35.5. The third-order valence-electron chi connectivity index (χ3n) is 5.63. The topological polar surface area (TPSA) is 42.1 Å². The Morgan fingerprint density at radius 2 is 1.96 bits per heavy atom. The summed E-state index contributed by atoms with van der Waals surface area (Å²) in [5.74, 6) is 0.953. The van der Waals surface area contributed by atoms with Crippen LogP contribution in [0.5, 0.6) is 0 Å². The standard InChI is InChI=1S/C19H21Cl2N3/c20-14-3-4-15(22)18(19(14)21)17-13-5-8-24(9-6-13)16(17)10-12-2-1-7-23-11-12/h1-4,7,11,13,16-17H,5-6,8-10,22H2. The molecule has 3 aliphatic heterocycles. The van der Waals surface area contributed by atoms with Crippen molar-refractivity contribution < 1.29 is 0 Å². The number of anilines is 1. The first-order valence-electron chi connectivity index (χ1n) is 8.51. The molecule has 2 atom stereocenters. The minimum absolute atomic E-state index is 0.332. The van der Waals surface area contributed by atoms with E-state index in [1.165, 1.54) is 18.4 Å². The van der Waals surface area contributed by atoms with Crippen LogP contribution in [0.15, 0.2) is 36.7 Å². The molecule has 3 saturated heterocycles. The number of rotatable bonds is 3. The highest BCUT2D eigenvalue weighted by Gasteiger charge is 2.44. The summed E-state index contributed by atoms with van der Waals surface area (Å²) in [6.45, 7) is 2.31. The second-order valence-electron chi connectivity index (χ2n) is 6.90. The first-order valence-corrected chi connectivity index (χ1v) is 9.27. The third-order valence-corrected chi connectivity index (χ3v) is 6.45. The van der Waals surface area contributed by atoms with Gasteiger partial charge in [-0.2, -0.15) is 0 Å². The highest BCUT2D eigenvalue weighted by Crippen LogP contribution is 2.49. The van der Waals surface area contributed by atoms with Crippen molar-refractivity contribution in [2.24, 2.45) is 5.92 Å². The molecule has 5 rings (SSSR count). The Morgan fingerprint density at radius 3 is 2.67 bits per heavy atom. The molecule has 1 aromatic heterocycles. The zero-order valence-electron chi connectivity index (χ0n) is 13.5. The Balaban J connectivity index is 1.75. The van der Waals surface area contributed by atoms with Gasteiger partial charge in [-0.3, -0.25) is 9.88 Å². The monoisotopic (exact) mass is 361 g/mol. The molecule has 3 nitrogen and oxygen atoms in total. The Labute approximate surface area is 152 Å². The van der Waals surface area contributed by atoms with Crippen LogP contribution in [-0.4, -0.2) is 29.0 Å². The summed E-state index contributed by atoms with van der Waals surface area (Å²) in [4.78, 5) is 6.86. The van der Waals surface area contributed by atoms with Crippen LogP contribution in [0.4, 0.5) is 5.69 Å². The van der Waals surface area contributed by atoms with Crippen molar-refractivity contribution in [2.45, 2.75) is 31.2 Å². The normalized spacial score (nSPS) is 28.9. The van der Waals surface area contributed by atoms with E-state index in [-0.39, 0.29) is 0 Å². The van der Waals surface area contributed by atoms with Crippen molar-refractivity contribution in [3.8, 4) is 0 Å². The van der Waals surface area contributed by atoms with E-state index in [1.54, 1.807) is 6.07 Å². The van der Waals surface area contributed by atoms with Gasteiger partial charge in [0.15, 0.2) is 0 Å². The summed E-state index contributed by atoms with van der Waals surface area (Å²) in [6, 6.07) is 8.24. The lowest BCUT2D eigenvalue weighted by atomic mass is 9.69. The molecule has 1 aromatic carbocycles. The van der Waals surface area contributed by atoms with E-state index in [9.17, 15) is 0 Å². The SMILES string of the molecule is Nc1ccc(Cl)c(Cl)c1C1C2CCN(CC2)C1Cc1cccnc1. The maximum atomic E-state index is 6.59. The predicted octanol–water partition coefficient (Wildman–Crippen LogP) is 4.39. The Kier molecular flexibility index (Phi) is 4.42. The van der Waals surface area contributed by atoms with E-state index in [0.717, 1.165) is 30.8 Å². The molecule has 3 aliphatic rings. The summed E-state index contributed by atoms with van der Waals surface area (Å²) >= 11 is 12.9. The van der Waals surface area contributed by atoms with Crippen LogP contribution >= 0.6 is 23.2 Å². The molecular formula is C19H21Cl2N3. The molecule has 2 unspecified atom stereocenters. The number of halogens is 2. The molecule has 5 heteroatoms. The molecule has 0 saturated carbocycles. The average molecular weight is 362 g/mol. The fourth-order valence-corrected chi connectivity index (χ4v) is 4.98. The minimum Gasteiger partial charge on any atom is -0.398 e. The van der Waals surface area contributed by atoms with Gasteiger partial charge >= 0.3 is 0 Å². The molecule has 24 heavy (non-hydrogen) atoms. The molecule has 0 aliphatic carbocycles. The Bertz CT molecular complexity index is 727. The van der Waals surface area contributed by atoms with E-state index >= 15 is 0 Å². The molecular weight excluding hydrogens is 341 g/mol. The summed E-state index contributed by atoms with van der Waals surface area (Å²) in [5, 5.41) is 1.23. The first-order chi connectivity index (χ1) is 11.6. The van der Waals surface area contributed by atoms with E-state index in [2.05, 4.69) is 16.0 Å². The number of piperidine rings is 3. The molecule has 0 spiro atoms. The van der Waals surface area contributed by atoms with Crippen LogP contribution in [0, 0.1) is 5.92 Å². The summed E-state index contributed by atoms with van der Waals surface area (Å²) < 4.78 is 0. The maximum absolute atomic E-state index is 6.59. The number of pyridine rings is 1. The van der Waals surface area contributed by atoms with Crippen molar-refractivity contribution in [1.29, 1.82) is 0 Å². The van der Waals surface area contributed by atoms with E-state index in [1.807, 2.05) is 24.5 Å². The Hall–Kier alpha value is -1.29. The number of nitrogens with zero attached hydrogens (tertiary/aromatic N) is 2. The zero-order valence-corrected chi connectivity index (χ0v) is 15.0. The number of hydrogen-bond donors (Lipinski definition) is 1. The second-order valence-corrected chi connectivity index (χ2v) is 7.68. The van der Waals surface area contributed by atoms with Gasteiger partial charge in [0.1, 0.15) is 0 Å². The smallest absolute Gasteiger partial charge is 0.0648 e. The number of nitrogen functional groups attached to an aromatic ring is 1. The van der Waals surface area contributed by atoms with Gasteiger partial charge in [-0.1, -0.05) is 29.3 Å². The van der Waals surface area contributed by atoms with Gasteiger partial charge in [0.25, 0.3) is 0 Å². The summed E-state index contributed by atoms with van der Waals surface area (Å²) in [5.41, 5.74) is 9.41. The molecule has 2 N–H and O–H groups in total. The van der Waals surface area contributed by atoms with Crippen molar-refractivity contribution in [2.75, 3.05) is 18.8 Å². The van der Waals surface area contributed by atoms with Gasteiger partial charge in [0.05, 0.1) is 10.0 Å². The van der Waals surface area contributed by atoms with Crippen molar-refractivity contribution >= 4 is 28.9 Å².